The van der Waals surface area contributed by atoms with Crippen molar-refractivity contribution in [1.29, 1.82) is 0 Å². The van der Waals surface area contributed by atoms with E-state index in [0.29, 0.717) is 12.2 Å². The van der Waals surface area contributed by atoms with Crippen LogP contribution in [0.3, 0.4) is 0 Å². The van der Waals surface area contributed by atoms with Gasteiger partial charge in [-0.25, -0.2) is 0 Å². The lowest BCUT2D eigenvalue weighted by Gasteiger charge is -2.10. The molecule has 1 aromatic carbocycles. The van der Waals surface area contributed by atoms with Crippen molar-refractivity contribution in [2.45, 2.75) is 12.5 Å². The van der Waals surface area contributed by atoms with Gasteiger partial charge in [-0.05, 0) is 12.0 Å². The van der Waals surface area contributed by atoms with Crippen LogP contribution < -0.4 is 11.3 Å². The third kappa shape index (κ3) is 2.92. The highest BCUT2D eigenvalue weighted by Crippen LogP contribution is 2.12. The van der Waals surface area contributed by atoms with Gasteiger partial charge in [-0.3, -0.25) is 4.79 Å². The van der Waals surface area contributed by atoms with Crippen LogP contribution in [0.25, 0.3) is 0 Å². The van der Waals surface area contributed by atoms with Crippen LogP contribution >= 0.6 is 0 Å². The third-order valence-corrected chi connectivity index (χ3v) is 2.40. The van der Waals surface area contributed by atoms with Gasteiger partial charge in [0, 0.05) is 0 Å². The first-order valence-electron chi connectivity index (χ1n) is 5.25. The van der Waals surface area contributed by atoms with Crippen LogP contribution in [0, 0.1) is 0 Å². The zero-order chi connectivity index (χ0) is 12.3. The molecule has 1 aromatic heterocycles. The first-order valence-corrected chi connectivity index (χ1v) is 5.25. The Morgan fingerprint density at radius 1 is 1.35 bits per heavy atom. The molecule has 1 atom stereocenters. The van der Waals surface area contributed by atoms with Gasteiger partial charge in [-0.2, -0.15) is 4.98 Å². The van der Waals surface area contributed by atoms with E-state index in [1.54, 1.807) is 0 Å². The number of aromatic nitrogens is 2. The molecule has 88 valence electrons. The Bertz CT molecular complexity index is 551. The molecule has 0 fully saturated rings. The van der Waals surface area contributed by atoms with Gasteiger partial charge in [0.25, 0.3) is 5.56 Å². The summed E-state index contributed by atoms with van der Waals surface area (Å²) in [6.45, 7) is 0. The van der Waals surface area contributed by atoms with Crippen molar-refractivity contribution in [2.75, 3.05) is 0 Å². The SMILES string of the molecule is NC(Cc1ccccc1)c1nc(O)cc(=O)[nH]1. The van der Waals surface area contributed by atoms with Gasteiger partial charge < -0.3 is 15.8 Å². The number of benzene rings is 1. The van der Waals surface area contributed by atoms with Crippen molar-refractivity contribution in [3.05, 3.63) is 58.1 Å². The van der Waals surface area contributed by atoms with E-state index in [1.165, 1.54) is 0 Å². The molecule has 5 nitrogen and oxygen atoms in total. The normalized spacial score (nSPS) is 12.3. The molecular weight excluding hydrogens is 218 g/mol. The minimum Gasteiger partial charge on any atom is -0.493 e. The molecule has 0 aliphatic heterocycles. The lowest BCUT2D eigenvalue weighted by Crippen LogP contribution is -2.20. The summed E-state index contributed by atoms with van der Waals surface area (Å²) < 4.78 is 0. The summed E-state index contributed by atoms with van der Waals surface area (Å²) in [6.07, 6.45) is 0.549. The highest BCUT2D eigenvalue weighted by Gasteiger charge is 2.10. The lowest BCUT2D eigenvalue weighted by molar-refractivity contribution is 0.444. The second-order valence-electron chi connectivity index (χ2n) is 3.79. The second kappa shape index (κ2) is 4.80. The van der Waals surface area contributed by atoms with E-state index >= 15 is 0 Å². The fourth-order valence-corrected chi connectivity index (χ4v) is 1.60. The van der Waals surface area contributed by atoms with Crippen molar-refractivity contribution < 1.29 is 5.11 Å². The minimum absolute atomic E-state index is 0.291. The number of hydrogen-bond acceptors (Lipinski definition) is 4. The Morgan fingerprint density at radius 2 is 2.06 bits per heavy atom. The minimum atomic E-state index is -0.447. The van der Waals surface area contributed by atoms with Gasteiger partial charge in [0.05, 0.1) is 12.1 Å². The van der Waals surface area contributed by atoms with Crippen molar-refractivity contribution in [3.63, 3.8) is 0 Å². The Hall–Kier alpha value is -2.14. The molecule has 2 aromatic rings. The fourth-order valence-electron chi connectivity index (χ4n) is 1.60. The van der Waals surface area contributed by atoms with Crippen LogP contribution in [0.5, 0.6) is 5.88 Å². The molecule has 0 bridgehead atoms. The predicted octanol–water partition coefficient (Wildman–Crippen LogP) is 0.718. The quantitative estimate of drug-likeness (QED) is 0.725. The summed E-state index contributed by atoms with van der Waals surface area (Å²) in [5.74, 6) is -0.0221. The molecule has 0 amide bonds. The number of aromatic hydroxyl groups is 1. The summed E-state index contributed by atoms with van der Waals surface area (Å²) in [6, 6.07) is 10.2. The monoisotopic (exact) mass is 231 g/mol. The molecule has 0 saturated heterocycles. The molecule has 5 heteroatoms. The smallest absolute Gasteiger partial charge is 0.254 e. The highest BCUT2D eigenvalue weighted by molar-refractivity contribution is 5.18. The summed E-state index contributed by atoms with van der Waals surface area (Å²) >= 11 is 0. The van der Waals surface area contributed by atoms with E-state index < -0.39 is 11.6 Å². The van der Waals surface area contributed by atoms with E-state index in [0.717, 1.165) is 11.6 Å². The van der Waals surface area contributed by atoms with E-state index in [4.69, 9.17) is 5.73 Å². The maximum atomic E-state index is 11.2. The van der Waals surface area contributed by atoms with Gasteiger partial charge in [0.1, 0.15) is 5.82 Å². The topological polar surface area (TPSA) is 92.0 Å². The Morgan fingerprint density at radius 3 is 2.71 bits per heavy atom. The number of rotatable bonds is 3. The standard InChI is InChI=1S/C12H13N3O2/c13-9(6-8-4-2-1-3-5-8)12-14-10(16)7-11(17)15-12/h1-5,7,9H,6,13H2,(H2,14,15,16,17). The van der Waals surface area contributed by atoms with Gasteiger partial charge >= 0.3 is 0 Å². The van der Waals surface area contributed by atoms with Crippen LogP contribution in [0.15, 0.2) is 41.2 Å². The van der Waals surface area contributed by atoms with Gasteiger partial charge in [-0.15, -0.1) is 0 Å². The summed E-state index contributed by atoms with van der Waals surface area (Å²) in [5.41, 5.74) is 6.56. The number of hydrogen-bond donors (Lipinski definition) is 3. The van der Waals surface area contributed by atoms with Gasteiger partial charge in [0.15, 0.2) is 0 Å². The Labute approximate surface area is 98.0 Å². The van der Waals surface area contributed by atoms with Crippen molar-refractivity contribution in [3.8, 4) is 5.88 Å². The molecule has 0 spiro atoms. The van der Waals surface area contributed by atoms with E-state index in [2.05, 4.69) is 9.97 Å². The van der Waals surface area contributed by atoms with E-state index in [9.17, 15) is 9.90 Å². The van der Waals surface area contributed by atoms with Crippen molar-refractivity contribution in [2.24, 2.45) is 5.73 Å². The molecular formula is C12H13N3O2. The van der Waals surface area contributed by atoms with Gasteiger partial charge in [-0.1, -0.05) is 30.3 Å². The van der Waals surface area contributed by atoms with Crippen LogP contribution in [0.1, 0.15) is 17.4 Å². The average Bonchev–Trinajstić information content (AvgIpc) is 2.29. The second-order valence-corrected chi connectivity index (χ2v) is 3.79. The molecule has 17 heavy (non-hydrogen) atoms. The molecule has 1 heterocycles. The number of aromatic amines is 1. The van der Waals surface area contributed by atoms with Crippen molar-refractivity contribution in [1.82, 2.24) is 9.97 Å². The zero-order valence-corrected chi connectivity index (χ0v) is 9.13. The van der Waals surface area contributed by atoms with E-state index in [1.807, 2.05) is 30.3 Å². The number of nitrogens with two attached hydrogens (primary N) is 1. The summed E-state index contributed by atoms with van der Waals surface area (Å²) in [7, 11) is 0. The summed E-state index contributed by atoms with van der Waals surface area (Å²) in [4.78, 5) is 17.5. The van der Waals surface area contributed by atoms with E-state index in [-0.39, 0.29) is 5.88 Å². The molecule has 0 saturated carbocycles. The highest BCUT2D eigenvalue weighted by atomic mass is 16.3. The fraction of sp³-hybridized carbons (Fsp3) is 0.167. The molecule has 0 aliphatic rings. The predicted molar refractivity (Wildman–Crippen MR) is 63.6 cm³/mol. The number of nitrogens with one attached hydrogen (secondary N) is 1. The average molecular weight is 231 g/mol. The molecule has 0 aliphatic carbocycles. The zero-order valence-electron chi connectivity index (χ0n) is 9.13. The third-order valence-electron chi connectivity index (χ3n) is 2.40. The van der Waals surface area contributed by atoms with Crippen LogP contribution in [-0.4, -0.2) is 15.1 Å². The Kier molecular flexibility index (Phi) is 3.20. The molecule has 2 rings (SSSR count). The summed E-state index contributed by atoms with van der Waals surface area (Å²) in [5, 5.41) is 9.22. The lowest BCUT2D eigenvalue weighted by atomic mass is 10.1. The maximum Gasteiger partial charge on any atom is 0.254 e. The first kappa shape index (κ1) is 11.3. The van der Waals surface area contributed by atoms with Crippen LogP contribution in [0.4, 0.5) is 0 Å². The molecule has 4 N–H and O–H groups in total. The Balaban J connectivity index is 2.20. The number of nitrogens with zero attached hydrogens (tertiary/aromatic N) is 1. The first-order chi connectivity index (χ1) is 8.15. The largest absolute Gasteiger partial charge is 0.493 e. The molecule has 0 radical (unpaired) electrons. The van der Waals surface area contributed by atoms with Crippen molar-refractivity contribution >= 4 is 0 Å². The van der Waals surface area contributed by atoms with Crippen LogP contribution in [0.2, 0.25) is 0 Å². The van der Waals surface area contributed by atoms with Crippen LogP contribution in [-0.2, 0) is 6.42 Å². The van der Waals surface area contributed by atoms with Gasteiger partial charge in [0.2, 0.25) is 5.88 Å². The maximum absolute atomic E-state index is 11.2. The number of H-pyrrole nitrogens is 1. The molecule has 1 unspecified atom stereocenters.